The summed E-state index contributed by atoms with van der Waals surface area (Å²) in [5.41, 5.74) is -0.942. The number of hydrogen-bond donors (Lipinski definition) is 4. The van der Waals surface area contributed by atoms with Crippen LogP contribution in [-0.2, 0) is 11.2 Å². The van der Waals surface area contributed by atoms with Crippen molar-refractivity contribution in [2.75, 3.05) is 13.2 Å². The van der Waals surface area contributed by atoms with Crippen LogP contribution in [0.3, 0.4) is 0 Å². The molecule has 0 radical (unpaired) electrons. The van der Waals surface area contributed by atoms with Crippen molar-refractivity contribution in [1.82, 2.24) is 9.55 Å². The van der Waals surface area contributed by atoms with Crippen molar-refractivity contribution in [3.63, 3.8) is 0 Å². The number of H-pyrrole nitrogens is 1. The number of aliphatic hydroxyl groups is 3. The summed E-state index contributed by atoms with van der Waals surface area (Å²) in [4.78, 5) is 25.3. The topological polar surface area (TPSA) is 125 Å². The van der Waals surface area contributed by atoms with Gasteiger partial charge in [0.2, 0.25) is 0 Å². The van der Waals surface area contributed by atoms with Crippen molar-refractivity contribution >= 4 is 0 Å². The molecule has 1 aliphatic rings. The summed E-state index contributed by atoms with van der Waals surface area (Å²) in [5, 5.41) is 27.5. The maximum absolute atomic E-state index is 11.7. The molecule has 8 heteroatoms. The molecule has 0 spiro atoms. The highest BCUT2D eigenvalue weighted by Gasteiger charge is 2.35. The fraction of sp³-hybridized carbons (Fsp3) is 0.636. The standard InChI is InChI=1S/C11H16N2O6/c14-2-1-6-4-13(11(18)12-10(6)17)9-3-7(16)8(5-15)19-9/h4,7-9,14-16H,1-3,5H2,(H,12,17,18)/t7-,8-,9-/m1/s1. The van der Waals surface area contributed by atoms with Crippen molar-refractivity contribution in [2.45, 2.75) is 31.3 Å². The Bertz CT molecular complexity index is 551. The van der Waals surface area contributed by atoms with Crippen LogP contribution in [0, 0.1) is 0 Å². The van der Waals surface area contributed by atoms with Gasteiger partial charge in [0, 0.05) is 31.2 Å². The van der Waals surface area contributed by atoms with Crippen LogP contribution in [0.25, 0.3) is 0 Å². The highest BCUT2D eigenvalue weighted by atomic mass is 16.5. The fourth-order valence-electron chi connectivity index (χ4n) is 2.09. The summed E-state index contributed by atoms with van der Waals surface area (Å²) in [7, 11) is 0. The first-order valence-electron chi connectivity index (χ1n) is 5.96. The third-order valence-electron chi connectivity index (χ3n) is 3.12. The van der Waals surface area contributed by atoms with Crippen LogP contribution < -0.4 is 11.2 Å². The zero-order valence-electron chi connectivity index (χ0n) is 10.2. The second-order valence-electron chi connectivity index (χ2n) is 4.41. The monoisotopic (exact) mass is 272 g/mol. The van der Waals surface area contributed by atoms with Gasteiger partial charge in [-0.25, -0.2) is 4.79 Å². The summed E-state index contributed by atoms with van der Waals surface area (Å²) in [6.07, 6.45) is -0.771. The molecule has 1 saturated heterocycles. The lowest BCUT2D eigenvalue weighted by Gasteiger charge is -2.15. The van der Waals surface area contributed by atoms with E-state index < -0.39 is 29.7 Å². The van der Waals surface area contributed by atoms with Crippen molar-refractivity contribution in [2.24, 2.45) is 0 Å². The minimum Gasteiger partial charge on any atom is -0.396 e. The summed E-state index contributed by atoms with van der Waals surface area (Å²) < 4.78 is 6.50. The highest BCUT2D eigenvalue weighted by molar-refractivity contribution is 5.05. The summed E-state index contributed by atoms with van der Waals surface area (Å²) >= 11 is 0. The molecule has 0 aromatic carbocycles. The maximum Gasteiger partial charge on any atom is 0.330 e. The average molecular weight is 272 g/mol. The zero-order valence-corrected chi connectivity index (χ0v) is 10.2. The van der Waals surface area contributed by atoms with E-state index in [1.807, 2.05) is 0 Å². The SMILES string of the molecule is O=c1[nH]c(=O)n([C@H]2C[C@@H](O)[C@@H](CO)O2)cc1CCO. The normalized spacial score (nSPS) is 26.8. The Morgan fingerprint density at radius 3 is 2.74 bits per heavy atom. The number of rotatable bonds is 4. The molecule has 1 aromatic rings. The largest absolute Gasteiger partial charge is 0.396 e. The molecule has 0 amide bonds. The Balaban J connectivity index is 2.33. The zero-order chi connectivity index (χ0) is 14.0. The molecule has 2 rings (SSSR count). The molecule has 4 N–H and O–H groups in total. The van der Waals surface area contributed by atoms with Gasteiger partial charge in [-0.2, -0.15) is 0 Å². The number of nitrogens with one attached hydrogen (secondary N) is 1. The molecule has 0 unspecified atom stereocenters. The summed E-state index contributed by atoms with van der Waals surface area (Å²) in [6.45, 7) is -0.562. The van der Waals surface area contributed by atoms with E-state index >= 15 is 0 Å². The van der Waals surface area contributed by atoms with Gasteiger partial charge in [0.05, 0.1) is 12.7 Å². The van der Waals surface area contributed by atoms with Gasteiger partial charge in [-0.1, -0.05) is 0 Å². The second kappa shape index (κ2) is 5.66. The Morgan fingerprint density at radius 2 is 2.16 bits per heavy atom. The van der Waals surface area contributed by atoms with E-state index in [1.165, 1.54) is 6.20 Å². The molecular formula is C11H16N2O6. The maximum atomic E-state index is 11.7. The minimum atomic E-state index is -0.866. The van der Waals surface area contributed by atoms with Gasteiger partial charge in [-0.15, -0.1) is 0 Å². The van der Waals surface area contributed by atoms with Crippen molar-refractivity contribution in [3.05, 3.63) is 32.6 Å². The van der Waals surface area contributed by atoms with E-state index in [-0.39, 0.29) is 31.6 Å². The van der Waals surface area contributed by atoms with E-state index in [9.17, 15) is 14.7 Å². The van der Waals surface area contributed by atoms with Crippen LogP contribution in [0.2, 0.25) is 0 Å². The van der Waals surface area contributed by atoms with Gasteiger partial charge >= 0.3 is 5.69 Å². The molecular weight excluding hydrogens is 256 g/mol. The van der Waals surface area contributed by atoms with Crippen LogP contribution in [-0.4, -0.2) is 50.3 Å². The number of hydrogen-bond acceptors (Lipinski definition) is 6. The molecule has 1 aromatic heterocycles. The molecule has 2 heterocycles. The van der Waals surface area contributed by atoms with Gasteiger partial charge in [-0.3, -0.25) is 14.3 Å². The quantitative estimate of drug-likeness (QED) is 0.489. The molecule has 19 heavy (non-hydrogen) atoms. The van der Waals surface area contributed by atoms with Crippen molar-refractivity contribution in [1.29, 1.82) is 0 Å². The van der Waals surface area contributed by atoms with E-state index in [4.69, 9.17) is 14.9 Å². The number of nitrogens with zero attached hydrogens (tertiary/aromatic N) is 1. The third-order valence-corrected chi connectivity index (χ3v) is 3.12. The van der Waals surface area contributed by atoms with E-state index in [0.717, 1.165) is 4.57 Å². The van der Waals surface area contributed by atoms with Crippen molar-refractivity contribution in [3.8, 4) is 0 Å². The predicted octanol–water partition coefficient (Wildman–Crippen LogP) is -2.29. The fourth-order valence-corrected chi connectivity index (χ4v) is 2.09. The number of aromatic amines is 1. The Labute approximate surface area is 107 Å². The van der Waals surface area contributed by atoms with Gasteiger partial charge in [-0.05, 0) is 0 Å². The summed E-state index contributed by atoms with van der Waals surface area (Å²) in [5.74, 6) is 0. The molecule has 1 aliphatic heterocycles. The van der Waals surface area contributed by atoms with Crippen LogP contribution in [0.15, 0.2) is 15.8 Å². The van der Waals surface area contributed by atoms with E-state index in [1.54, 1.807) is 0 Å². The highest BCUT2D eigenvalue weighted by Crippen LogP contribution is 2.27. The average Bonchev–Trinajstić information content (AvgIpc) is 2.74. The van der Waals surface area contributed by atoms with E-state index in [0.29, 0.717) is 0 Å². The first kappa shape index (κ1) is 13.9. The molecule has 106 valence electrons. The Kier molecular flexibility index (Phi) is 4.15. The number of aliphatic hydroxyl groups excluding tert-OH is 3. The van der Waals surface area contributed by atoms with Gasteiger partial charge in [0.1, 0.15) is 12.3 Å². The van der Waals surface area contributed by atoms with Gasteiger partial charge in [0.15, 0.2) is 0 Å². The first-order valence-corrected chi connectivity index (χ1v) is 5.96. The number of ether oxygens (including phenoxy) is 1. The van der Waals surface area contributed by atoms with Crippen LogP contribution >= 0.6 is 0 Å². The molecule has 1 fully saturated rings. The lowest BCUT2D eigenvalue weighted by Crippen LogP contribution is -2.34. The molecule has 8 nitrogen and oxygen atoms in total. The first-order chi connectivity index (χ1) is 9.06. The lowest BCUT2D eigenvalue weighted by molar-refractivity contribution is -0.0460. The smallest absolute Gasteiger partial charge is 0.330 e. The second-order valence-corrected chi connectivity index (χ2v) is 4.41. The number of aromatic nitrogens is 2. The molecule has 0 saturated carbocycles. The van der Waals surface area contributed by atoms with Crippen LogP contribution in [0.5, 0.6) is 0 Å². The molecule has 0 bridgehead atoms. The van der Waals surface area contributed by atoms with Gasteiger partial charge < -0.3 is 20.1 Å². The lowest BCUT2D eigenvalue weighted by atomic mass is 10.2. The van der Waals surface area contributed by atoms with Crippen molar-refractivity contribution < 1.29 is 20.1 Å². The van der Waals surface area contributed by atoms with E-state index in [2.05, 4.69) is 4.98 Å². The summed E-state index contributed by atoms with van der Waals surface area (Å²) in [6, 6.07) is 0. The van der Waals surface area contributed by atoms with Crippen LogP contribution in [0.1, 0.15) is 18.2 Å². The predicted molar refractivity (Wildman–Crippen MR) is 63.7 cm³/mol. The minimum absolute atomic E-state index is 0.119. The van der Waals surface area contributed by atoms with Crippen LogP contribution in [0.4, 0.5) is 0 Å². The third kappa shape index (κ3) is 2.76. The molecule has 3 atom stereocenters. The molecule has 0 aliphatic carbocycles. The Hall–Kier alpha value is -1.48. The van der Waals surface area contributed by atoms with Gasteiger partial charge in [0.25, 0.3) is 5.56 Å². The Morgan fingerprint density at radius 1 is 1.42 bits per heavy atom.